The van der Waals surface area contributed by atoms with Gasteiger partial charge in [-0.15, -0.1) is 0 Å². The summed E-state index contributed by atoms with van der Waals surface area (Å²) < 4.78 is 0. The smallest absolute Gasteiger partial charge is 0.306 e. The van der Waals surface area contributed by atoms with E-state index < -0.39 is 5.97 Å². The third-order valence-corrected chi connectivity index (χ3v) is 4.85. The summed E-state index contributed by atoms with van der Waals surface area (Å²) in [6, 6.07) is 0. The minimum absolute atomic E-state index is 0.0428. The molecule has 2 aliphatic carbocycles. The van der Waals surface area contributed by atoms with E-state index in [1.807, 2.05) is 0 Å². The molecule has 0 aromatic heterocycles. The van der Waals surface area contributed by atoms with E-state index >= 15 is 0 Å². The van der Waals surface area contributed by atoms with Crippen molar-refractivity contribution in [3.8, 4) is 0 Å². The van der Waals surface area contributed by atoms with Crippen LogP contribution in [0.5, 0.6) is 0 Å². The third kappa shape index (κ3) is 2.78. The normalized spacial score (nSPS) is 40.6. The van der Waals surface area contributed by atoms with Crippen LogP contribution in [0, 0.1) is 23.7 Å². The number of carbonyl (C=O) groups is 1. The summed E-state index contributed by atoms with van der Waals surface area (Å²) in [7, 11) is 0. The maximum absolute atomic E-state index is 10.9. The Morgan fingerprint density at radius 1 is 0.875 bits per heavy atom. The molecule has 2 saturated carbocycles. The number of carboxylic acid groups (broad SMARTS) is 1. The van der Waals surface area contributed by atoms with Crippen LogP contribution in [0.15, 0.2) is 0 Å². The SMILES string of the molecule is C[C@H]1CC[C@H]([C@H]2CC[C@H](C(=O)O)CC2)CC1. The van der Waals surface area contributed by atoms with Crippen LogP contribution in [-0.4, -0.2) is 11.1 Å². The minimum Gasteiger partial charge on any atom is -0.481 e. The monoisotopic (exact) mass is 224 g/mol. The molecule has 92 valence electrons. The summed E-state index contributed by atoms with van der Waals surface area (Å²) in [4.78, 5) is 10.9. The molecule has 0 atom stereocenters. The zero-order valence-electron chi connectivity index (χ0n) is 10.3. The minimum atomic E-state index is -0.573. The number of hydrogen-bond donors (Lipinski definition) is 1. The molecule has 0 spiro atoms. The van der Waals surface area contributed by atoms with Gasteiger partial charge in [0.25, 0.3) is 0 Å². The first-order valence-corrected chi connectivity index (χ1v) is 6.89. The van der Waals surface area contributed by atoms with Crippen molar-refractivity contribution in [3.05, 3.63) is 0 Å². The van der Waals surface area contributed by atoms with Crippen LogP contribution >= 0.6 is 0 Å². The molecule has 2 aliphatic rings. The van der Waals surface area contributed by atoms with E-state index in [1.165, 1.54) is 25.7 Å². The summed E-state index contributed by atoms with van der Waals surface area (Å²) in [5.41, 5.74) is 0. The second-order valence-corrected chi connectivity index (χ2v) is 5.97. The Morgan fingerprint density at radius 2 is 1.31 bits per heavy atom. The molecule has 0 amide bonds. The summed E-state index contributed by atoms with van der Waals surface area (Å²) in [6.07, 6.45) is 9.74. The van der Waals surface area contributed by atoms with Gasteiger partial charge < -0.3 is 5.11 Å². The second-order valence-electron chi connectivity index (χ2n) is 5.97. The van der Waals surface area contributed by atoms with Crippen LogP contribution in [0.1, 0.15) is 58.3 Å². The lowest BCUT2D eigenvalue weighted by atomic mass is 9.69. The van der Waals surface area contributed by atoms with Gasteiger partial charge in [-0.1, -0.05) is 19.8 Å². The Morgan fingerprint density at radius 3 is 1.75 bits per heavy atom. The van der Waals surface area contributed by atoms with Crippen molar-refractivity contribution >= 4 is 5.97 Å². The van der Waals surface area contributed by atoms with E-state index in [9.17, 15) is 4.79 Å². The third-order valence-electron chi connectivity index (χ3n) is 4.85. The van der Waals surface area contributed by atoms with E-state index in [-0.39, 0.29) is 5.92 Å². The van der Waals surface area contributed by atoms with Crippen LogP contribution in [-0.2, 0) is 4.79 Å². The number of rotatable bonds is 2. The lowest BCUT2D eigenvalue weighted by Crippen LogP contribution is -2.27. The number of aliphatic carboxylic acids is 1. The quantitative estimate of drug-likeness (QED) is 0.776. The maximum Gasteiger partial charge on any atom is 0.306 e. The molecule has 0 aromatic carbocycles. The molecule has 0 radical (unpaired) electrons. The first kappa shape index (κ1) is 11.9. The van der Waals surface area contributed by atoms with E-state index in [2.05, 4.69) is 6.92 Å². The van der Waals surface area contributed by atoms with Crippen LogP contribution in [0.25, 0.3) is 0 Å². The topological polar surface area (TPSA) is 37.3 Å². The number of hydrogen-bond acceptors (Lipinski definition) is 1. The van der Waals surface area contributed by atoms with Gasteiger partial charge in [0.15, 0.2) is 0 Å². The fraction of sp³-hybridized carbons (Fsp3) is 0.929. The zero-order chi connectivity index (χ0) is 11.5. The molecule has 2 nitrogen and oxygen atoms in total. The predicted molar refractivity (Wildman–Crippen MR) is 64.2 cm³/mol. The van der Waals surface area contributed by atoms with E-state index in [1.54, 1.807) is 0 Å². The molecule has 2 heteroatoms. The van der Waals surface area contributed by atoms with Crippen LogP contribution in [0.2, 0.25) is 0 Å². The Kier molecular flexibility index (Phi) is 3.88. The summed E-state index contributed by atoms with van der Waals surface area (Å²) in [6.45, 7) is 2.36. The first-order valence-electron chi connectivity index (χ1n) is 6.89. The fourth-order valence-electron chi connectivity index (χ4n) is 3.59. The molecular weight excluding hydrogens is 200 g/mol. The Hall–Kier alpha value is -0.530. The van der Waals surface area contributed by atoms with Gasteiger partial charge in [0.05, 0.1) is 5.92 Å². The van der Waals surface area contributed by atoms with E-state index in [0.717, 1.165) is 43.4 Å². The Bertz CT molecular complexity index is 233. The molecule has 2 fully saturated rings. The van der Waals surface area contributed by atoms with Crippen molar-refractivity contribution in [1.29, 1.82) is 0 Å². The van der Waals surface area contributed by atoms with Gasteiger partial charge in [0.1, 0.15) is 0 Å². The van der Waals surface area contributed by atoms with Gasteiger partial charge in [-0.3, -0.25) is 4.79 Å². The lowest BCUT2D eigenvalue weighted by Gasteiger charge is -2.36. The molecule has 16 heavy (non-hydrogen) atoms. The summed E-state index contributed by atoms with van der Waals surface area (Å²) >= 11 is 0. The maximum atomic E-state index is 10.9. The Balaban J connectivity index is 1.78. The Labute approximate surface area is 98.4 Å². The highest BCUT2D eigenvalue weighted by Crippen LogP contribution is 2.41. The highest BCUT2D eigenvalue weighted by atomic mass is 16.4. The lowest BCUT2D eigenvalue weighted by molar-refractivity contribution is -0.143. The molecule has 0 heterocycles. The standard InChI is InChI=1S/C14H24O2/c1-10-2-4-11(5-3-10)12-6-8-13(9-7-12)14(15)16/h10-13H,2-9H2,1H3,(H,15,16)/t10-,11-,12-,13-. The predicted octanol–water partition coefficient (Wildman–Crippen LogP) is 3.70. The van der Waals surface area contributed by atoms with E-state index in [4.69, 9.17) is 5.11 Å². The zero-order valence-corrected chi connectivity index (χ0v) is 10.3. The summed E-state index contributed by atoms with van der Waals surface area (Å²) in [5.74, 6) is 2.05. The highest BCUT2D eigenvalue weighted by Gasteiger charge is 2.31. The van der Waals surface area contributed by atoms with Crippen molar-refractivity contribution in [2.75, 3.05) is 0 Å². The van der Waals surface area contributed by atoms with Gasteiger partial charge in [0, 0.05) is 0 Å². The average Bonchev–Trinajstić information content (AvgIpc) is 2.30. The van der Waals surface area contributed by atoms with Crippen molar-refractivity contribution < 1.29 is 9.90 Å². The molecule has 0 unspecified atom stereocenters. The molecule has 0 aliphatic heterocycles. The highest BCUT2D eigenvalue weighted by molar-refractivity contribution is 5.69. The van der Waals surface area contributed by atoms with Gasteiger partial charge in [-0.25, -0.2) is 0 Å². The summed E-state index contributed by atoms with van der Waals surface area (Å²) in [5, 5.41) is 8.97. The van der Waals surface area contributed by atoms with Gasteiger partial charge in [-0.2, -0.15) is 0 Å². The molecule has 1 N–H and O–H groups in total. The van der Waals surface area contributed by atoms with Gasteiger partial charge >= 0.3 is 5.97 Å². The van der Waals surface area contributed by atoms with Crippen molar-refractivity contribution in [2.45, 2.75) is 58.3 Å². The van der Waals surface area contributed by atoms with Crippen LogP contribution < -0.4 is 0 Å². The molecule has 0 saturated heterocycles. The molecule has 0 bridgehead atoms. The van der Waals surface area contributed by atoms with Gasteiger partial charge in [0.2, 0.25) is 0 Å². The van der Waals surface area contributed by atoms with Crippen LogP contribution in [0.4, 0.5) is 0 Å². The van der Waals surface area contributed by atoms with Crippen molar-refractivity contribution in [2.24, 2.45) is 23.7 Å². The van der Waals surface area contributed by atoms with Crippen molar-refractivity contribution in [3.63, 3.8) is 0 Å². The second kappa shape index (κ2) is 5.20. The fourth-order valence-corrected chi connectivity index (χ4v) is 3.59. The molecule has 2 rings (SSSR count). The number of carboxylic acids is 1. The molecule has 0 aromatic rings. The van der Waals surface area contributed by atoms with E-state index in [0.29, 0.717) is 0 Å². The van der Waals surface area contributed by atoms with Crippen LogP contribution in [0.3, 0.4) is 0 Å². The van der Waals surface area contributed by atoms with Crippen molar-refractivity contribution in [1.82, 2.24) is 0 Å². The molecular formula is C14H24O2. The van der Waals surface area contributed by atoms with Gasteiger partial charge in [-0.05, 0) is 56.3 Å². The first-order chi connectivity index (χ1) is 7.66. The largest absolute Gasteiger partial charge is 0.481 e. The average molecular weight is 224 g/mol.